The van der Waals surface area contributed by atoms with Crippen molar-refractivity contribution < 1.29 is 23.8 Å². The molecule has 0 aromatic heterocycles. The lowest BCUT2D eigenvalue weighted by Crippen LogP contribution is -2.13. The SMILES string of the molecule is COc1c(C)c(F)c(C)c(C(C)C(=O)O)c1OC. The van der Waals surface area contributed by atoms with E-state index >= 15 is 0 Å². The average Bonchev–Trinajstić information content (AvgIpc) is 2.34. The van der Waals surface area contributed by atoms with Crippen LogP contribution in [-0.2, 0) is 4.79 Å². The molecule has 4 nitrogen and oxygen atoms in total. The van der Waals surface area contributed by atoms with Crippen molar-refractivity contribution in [3.05, 3.63) is 22.5 Å². The highest BCUT2D eigenvalue weighted by atomic mass is 19.1. The number of hydrogen-bond donors (Lipinski definition) is 1. The number of halogens is 1. The van der Waals surface area contributed by atoms with Crippen molar-refractivity contribution in [3.8, 4) is 11.5 Å². The van der Waals surface area contributed by atoms with Gasteiger partial charge < -0.3 is 14.6 Å². The third-order valence-electron chi connectivity index (χ3n) is 3.07. The van der Waals surface area contributed by atoms with Gasteiger partial charge in [-0.3, -0.25) is 4.79 Å². The second-order valence-electron chi connectivity index (χ2n) is 4.10. The fraction of sp³-hybridized carbons (Fsp3) is 0.462. The van der Waals surface area contributed by atoms with Crippen LogP contribution in [0.15, 0.2) is 0 Å². The molecule has 0 bridgehead atoms. The van der Waals surface area contributed by atoms with Crippen LogP contribution in [0.2, 0.25) is 0 Å². The van der Waals surface area contributed by atoms with E-state index in [0.717, 1.165) is 0 Å². The van der Waals surface area contributed by atoms with Gasteiger partial charge in [0, 0.05) is 11.1 Å². The molecule has 0 fully saturated rings. The van der Waals surface area contributed by atoms with E-state index in [0.29, 0.717) is 11.1 Å². The normalized spacial score (nSPS) is 12.1. The molecule has 1 aromatic carbocycles. The Morgan fingerprint density at radius 1 is 1.17 bits per heavy atom. The third-order valence-corrected chi connectivity index (χ3v) is 3.07. The molecule has 0 radical (unpaired) electrons. The molecule has 18 heavy (non-hydrogen) atoms. The Hall–Kier alpha value is -1.78. The molecule has 1 aromatic rings. The molecule has 5 heteroatoms. The van der Waals surface area contributed by atoms with Gasteiger partial charge in [0.2, 0.25) is 0 Å². The fourth-order valence-corrected chi connectivity index (χ4v) is 2.06. The Morgan fingerprint density at radius 2 is 1.67 bits per heavy atom. The quantitative estimate of drug-likeness (QED) is 0.899. The lowest BCUT2D eigenvalue weighted by Gasteiger charge is -2.20. The van der Waals surface area contributed by atoms with Crippen LogP contribution in [0.4, 0.5) is 4.39 Å². The minimum absolute atomic E-state index is 0.240. The first-order chi connectivity index (χ1) is 8.36. The molecule has 0 saturated carbocycles. The van der Waals surface area contributed by atoms with E-state index in [9.17, 15) is 9.18 Å². The van der Waals surface area contributed by atoms with E-state index in [1.807, 2.05) is 0 Å². The summed E-state index contributed by atoms with van der Waals surface area (Å²) in [6.07, 6.45) is 0. The van der Waals surface area contributed by atoms with Crippen molar-refractivity contribution in [2.45, 2.75) is 26.7 Å². The molecule has 1 unspecified atom stereocenters. The lowest BCUT2D eigenvalue weighted by atomic mass is 9.92. The molecule has 1 rings (SSSR count). The van der Waals surface area contributed by atoms with Crippen LogP contribution >= 0.6 is 0 Å². The van der Waals surface area contributed by atoms with Gasteiger partial charge in [0.05, 0.1) is 20.1 Å². The number of carbonyl (C=O) groups is 1. The first-order valence-corrected chi connectivity index (χ1v) is 5.50. The summed E-state index contributed by atoms with van der Waals surface area (Å²) >= 11 is 0. The van der Waals surface area contributed by atoms with E-state index < -0.39 is 17.7 Å². The van der Waals surface area contributed by atoms with Crippen molar-refractivity contribution in [2.75, 3.05) is 14.2 Å². The molecule has 0 heterocycles. The van der Waals surface area contributed by atoms with Crippen molar-refractivity contribution in [2.24, 2.45) is 0 Å². The lowest BCUT2D eigenvalue weighted by molar-refractivity contribution is -0.138. The van der Waals surface area contributed by atoms with E-state index in [-0.39, 0.29) is 17.1 Å². The molecule has 0 aliphatic heterocycles. The van der Waals surface area contributed by atoms with Crippen molar-refractivity contribution in [3.63, 3.8) is 0 Å². The predicted octanol–water partition coefficient (Wildman–Crippen LogP) is 2.65. The minimum Gasteiger partial charge on any atom is -0.493 e. The number of methoxy groups -OCH3 is 2. The summed E-state index contributed by atoms with van der Waals surface area (Å²) in [5, 5.41) is 9.08. The van der Waals surface area contributed by atoms with Gasteiger partial charge in [-0.15, -0.1) is 0 Å². The molecular formula is C13H17FO4. The zero-order chi connectivity index (χ0) is 14.0. The zero-order valence-electron chi connectivity index (χ0n) is 11.1. The molecule has 100 valence electrons. The number of ether oxygens (including phenoxy) is 2. The largest absolute Gasteiger partial charge is 0.493 e. The highest BCUT2D eigenvalue weighted by Gasteiger charge is 2.28. The van der Waals surface area contributed by atoms with Gasteiger partial charge in [0.25, 0.3) is 0 Å². The first-order valence-electron chi connectivity index (χ1n) is 5.50. The Balaban J connectivity index is 3.68. The molecule has 0 aliphatic carbocycles. The zero-order valence-corrected chi connectivity index (χ0v) is 11.1. The molecular weight excluding hydrogens is 239 g/mol. The van der Waals surface area contributed by atoms with Crippen LogP contribution < -0.4 is 9.47 Å². The predicted molar refractivity (Wildman–Crippen MR) is 65.0 cm³/mol. The Kier molecular flexibility index (Phi) is 4.16. The van der Waals surface area contributed by atoms with Crippen LogP contribution in [0.3, 0.4) is 0 Å². The van der Waals surface area contributed by atoms with E-state index in [1.165, 1.54) is 21.1 Å². The summed E-state index contributed by atoms with van der Waals surface area (Å²) in [4.78, 5) is 11.1. The number of benzene rings is 1. The van der Waals surface area contributed by atoms with Crippen LogP contribution in [0.1, 0.15) is 29.5 Å². The van der Waals surface area contributed by atoms with Crippen LogP contribution in [0, 0.1) is 19.7 Å². The Bertz CT molecular complexity index is 483. The maximum Gasteiger partial charge on any atom is 0.310 e. The van der Waals surface area contributed by atoms with Crippen LogP contribution in [0.25, 0.3) is 0 Å². The van der Waals surface area contributed by atoms with Gasteiger partial charge in [0.15, 0.2) is 11.5 Å². The van der Waals surface area contributed by atoms with Gasteiger partial charge in [-0.2, -0.15) is 0 Å². The van der Waals surface area contributed by atoms with Gasteiger partial charge in [-0.1, -0.05) is 0 Å². The standard InChI is InChI=1S/C13H17FO4/c1-6-9(7(2)13(15)16)12(18-5)11(17-4)8(3)10(6)14/h7H,1-5H3,(H,15,16). The van der Waals surface area contributed by atoms with Gasteiger partial charge >= 0.3 is 5.97 Å². The van der Waals surface area contributed by atoms with Gasteiger partial charge in [0.1, 0.15) is 5.82 Å². The average molecular weight is 256 g/mol. The minimum atomic E-state index is -1.04. The molecule has 1 N–H and O–H groups in total. The van der Waals surface area contributed by atoms with E-state index in [1.54, 1.807) is 13.8 Å². The number of hydrogen-bond acceptors (Lipinski definition) is 3. The van der Waals surface area contributed by atoms with Crippen molar-refractivity contribution >= 4 is 5.97 Å². The van der Waals surface area contributed by atoms with Gasteiger partial charge in [-0.25, -0.2) is 4.39 Å². The third kappa shape index (κ3) is 2.12. The first kappa shape index (κ1) is 14.3. The van der Waals surface area contributed by atoms with Crippen LogP contribution in [-0.4, -0.2) is 25.3 Å². The number of aliphatic carboxylic acids is 1. The summed E-state index contributed by atoms with van der Waals surface area (Å²) in [6.45, 7) is 4.60. The highest BCUT2D eigenvalue weighted by molar-refractivity contribution is 5.78. The Morgan fingerprint density at radius 3 is 2.06 bits per heavy atom. The summed E-state index contributed by atoms with van der Waals surface area (Å²) in [5.41, 5.74) is 0.901. The highest BCUT2D eigenvalue weighted by Crippen LogP contribution is 2.42. The summed E-state index contributed by atoms with van der Waals surface area (Å²) in [6, 6.07) is 0. The fourth-order valence-electron chi connectivity index (χ4n) is 2.06. The van der Waals surface area contributed by atoms with Crippen molar-refractivity contribution in [1.29, 1.82) is 0 Å². The van der Waals surface area contributed by atoms with Crippen LogP contribution in [0.5, 0.6) is 11.5 Å². The maximum absolute atomic E-state index is 14.1. The summed E-state index contributed by atoms with van der Waals surface area (Å²) in [7, 11) is 2.81. The van der Waals surface area contributed by atoms with E-state index in [2.05, 4.69) is 0 Å². The molecule has 1 atom stereocenters. The molecule has 0 amide bonds. The number of carboxylic acids is 1. The summed E-state index contributed by atoms with van der Waals surface area (Å²) < 4.78 is 24.4. The van der Waals surface area contributed by atoms with Crippen molar-refractivity contribution in [1.82, 2.24) is 0 Å². The second-order valence-corrected chi connectivity index (χ2v) is 4.10. The second kappa shape index (κ2) is 5.25. The van der Waals surface area contributed by atoms with E-state index in [4.69, 9.17) is 14.6 Å². The smallest absolute Gasteiger partial charge is 0.310 e. The topological polar surface area (TPSA) is 55.8 Å². The summed E-state index contributed by atoms with van der Waals surface area (Å²) in [5.74, 6) is -1.85. The monoisotopic (exact) mass is 256 g/mol. The molecule has 0 saturated heterocycles. The molecule has 0 spiro atoms. The number of carboxylic acid groups (broad SMARTS) is 1. The van der Waals surface area contributed by atoms with Gasteiger partial charge in [-0.05, 0) is 26.3 Å². The maximum atomic E-state index is 14.1. The Labute approximate surface area is 105 Å². The molecule has 0 aliphatic rings. The number of rotatable bonds is 4.